The first-order valence-corrected chi connectivity index (χ1v) is 14.1. The molecule has 0 bridgehead atoms. The lowest BCUT2D eigenvalue weighted by Gasteiger charge is -2.27. The average Bonchev–Trinajstić information content (AvgIpc) is 3.56. The van der Waals surface area contributed by atoms with Gasteiger partial charge in [0.15, 0.2) is 0 Å². The molecule has 4 aromatic carbocycles. The predicted octanol–water partition coefficient (Wildman–Crippen LogP) is 7.12. The van der Waals surface area contributed by atoms with Gasteiger partial charge in [-0.25, -0.2) is 0 Å². The zero-order valence-electron chi connectivity index (χ0n) is 23.3. The first-order valence-electron chi connectivity index (χ1n) is 13.7. The topological polar surface area (TPSA) is 87.7 Å². The summed E-state index contributed by atoms with van der Waals surface area (Å²) in [5, 5.41) is 18.8. The maximum absolute atomic E-state index is 13.8. The summed E-state index contributed by atoms with van der Waals surface area (Å²) in [5.41, 5.74) is 5.92. The Balaban J connectivity index is 1.34. The molecule has 1 amide bonds. The third kappa shape index (κ3) is 5.31. The van der Waals surface area contributed by atoms with Gasteiger partial charge < -0.3 is 19.5 Å². The number of amides is 1. The molecule has 1 aromatic heterocycles. The van der Waals surface area contributed by atoms with Gasteiger partial charge >= 0.3 is 0 Å². The minimum Gasteiger partial charge on any atom is -0.507 e. The number of hydrogen-bond donors (Lipinski definition) is 2. The lowest BCUT2D eigenvalue weighted by molar-refractivity contribution is 0.0746. The number of halogens is 1. The van der Waals surface area contributed by atoms with Gasteiger partial charge in [-0.15, -0.1) is 0 Å². The molecule has 0 spiro atoms. The Morgan fingerprint density at radius 2 is 1.67 bits per heavy atom. The van der Waals surface area contributed by atoms with E-state index in [9.17, 15) is 9.90 Å². The number of phenolic OH excluding ortho intramolecular Hbond substituents is 1. The van der Waals surface area contributed by atoms with Crippen LogP contribution in [-0.4, -0.2) is 39.8 Å². The van der Waals surface area contributed by atoms with Gasteiger partial charge in [-0.1, -0.05) is 66.2 Å². The van der Waals surface area contributed by atoms with E-state index in [-0.39, 0.29) is 11.7 Å². The fraction of sp³-hybridized carbons (Fsp3) is 0.176. The summed E-state index contributed by atoms with van der Waals surface area (Å²) in [6.45, 7) is 2.76. The van der Waals surface area contributed by atoms with Crippen LogP contribution in [0, 0.1) is 6.92 Å². The van der Waals surface area contributed by atoms with E-state index in [2.05, 4.69) is 10.2 Å². The van der Waals surface area contributed by atoms with Crippen LogP contribution < -0.4 is 9.47 Å². The summed E-state index contributed by atoms with van der Waals surface area (Å²) >= 11 is 6.45. The van der Waals surface area contributed by atoms with Gasteiger partial charge in [0, 0.05) is 22.7 Å². The second-order valence-corrected chi connectivity index (χ2v) is 10.7. The third-order valence-corrected chi connectivity index (χ3v) is 8.05. The van der Waals surface area contributed by atoms with Crippen molar-refractivity contribution in [1.29, 1.82) is 0 Å². The molecule has 212 valence electrons. The molecule has 6 rings (SSSR count). The zero-order valence-corrected chi connectivity index (χ0v) is 24.1. The molecule has 0 saturated carbocycles. The van der Waals surface area contributed by atoms with Crippen LogP contribution in [0.2, 0.25) is 5.02 Å². The van der Waals surface area contributed by atoms with E-state index in [1.165, 1.54) is 0 Å². The lowest BCUT2D eigenvalue weighted by Crippen LogP contribution is -2.31. The summed E-state index contributed by atoms with van der Waals surface area (Å²) in [6, 6.07) is 28.5. The maximum Gasteiger partial charge on any atom is 0.273 e. The van der Waals surface area contributed by atoms with Crippen LogP contribution >= 0.6 is 11.6 Å². The normalized spacial score (nSPS) is 14.2. The number of fused-ring (bicyclic) bond motifs is 1. The van der Waals surface area contributed by atoms with Gasteiger partial charge in [0.1, 0.15) is 35.2 Å². The standard InChI is InChI=1S/C34H30ClN3O4/c1-21-18-29(39)27(19-28(21)35)31-30-32(37-36-31)34(40)38(17-16-22-8-12-25(41-2)13-9-22)33(30)24-10-14-26(15-11-24)42-20-23-6-4-3-5-7-23/h3-15,18-19,33,39H,16-17,20H2,1-2H3,(H,36,37). The van der Waals surface area contributed by atoms with Gasteiger partial charge in [0.2, 0.25) is 0 Å². The first kappa shape index (κ1) is 27.4. The van der Waals surface area contributed by atoms with Crippen molar-refractivity contribution in [2.24, 2.45) is 0 Å². The van der Waals surface area contributed by atoms with Crippen molar-refractivity contribution in [2.45, 2.75) is 26.0 Å². The smallest absolute Gasteiger partial charge is 0.273 e. The van der Waals surface area contributed by atoms with Crippen molar-refractivity contribution >= 4 is 17.5 Å². The van der Waals surface area contributed by atoms with Crippen molar-refractivity contribution in [1.82, 2.24) is 15.1 Å². The molecular weight excluding hydrogens is 550 g/mol. The number of aromatic amines is 1. The number of rotatable bonds is 9. The van der Waals surface area contributed by atoms with Crippen molar-refractivity contribution in [2.75, 3.05) is 13.7 Å². The van der Waals surface area contributed by atoms with E-state index in [1.54, 1.807) is 19.2 Å². The van der Waals surface area contributed by atoms with Gasteiger partial charge in [-0.05, 0) is 72.0 Å². The number of methoxy groups -OCH3 is 1. The SMILES string of the molecule is COc1ccc(CCN2C(=O)c3[nH]nc(-c4cc(Cl)c(C)cc4O)c3C2c2ccc(OCc3ccccc3)cc2)cc1. The number of hydrogen-bond acceptors (Lipinski definition) is 5. The number of phenols is 1. The number of aromatic hydroxyl groups is 1. The monoisotopic (exact) mass is 579 g/mol. The Labute approximate surface area is 249 Å². The molecule has 0 aliphatic carbocycles. The van der Waals surface area contributed by atoms with Crippen molar-refractivity contribution < 1.29 is 19.4 Å². The summed E-state index contributed by atoms with van der Waals surface area (Å²) in [4.78, 5) is 15.7. The number of ether oxygens (including phenoxy) is 2. The molecule has 2 N–H and O–H groups in total. The summed E-state index contributed by atoms with van der Waals surface area (Å²) in [5.74, 6) is 1.42. The number of benzene rings is 4. The quantitative estimate of drug-likeness (QED) is 0.194. The minimum atomic E-state index is -0.429. The highest BCUT2D eigenvalue weighted by molar-refractivity contribution is 6.31. The number of nitrogens with one attached hydrogen (secondary N) is 1. The number of aromatic nitrogens is 2. The number of H-pyrrole nitrogens is 1. The van der Waals surface area contributed by atoms with Crippen LogP contribution in [0.5, 0.6) is 17.2 Å². The highest BCUT2D eigenvalue weighted by Crippen LogP contribution is 2.45. The lowest BCUT2D eigenvalue weighted by atomic mass is 9.95. The van der Waals surface area contributed by atoms with Crippen molar-refractivity contribution in [3.05, 3.63) is 130 Å². The van der Waals surface area contributed by atoms with Crippen molar-refractivity contribution in [3.8, 4) is 28.5 Å². The Morgan fingerprint density at radius 1 is 0.952 bits per heavy atom. The van der Waals surface area contributed by atoms with Crippen LogP contribution in [-0.2, 0) is 13.0 Å². The van der Waals surface area contributed by atoms with Crippen LogP contribution in [0.15, 0.2) is 91.0 Å². The number of nitrogens with zero attached hydrogens (tertiary/aromatic N) is 2. The third-order valence-electron chi connectivity index (χ3n) is 7.64. The van der Waals surface area contributed by atoms with Crippen LogP contribution in [0.1, 0.15) is 44.3 Å². The van der Waals surface area contributed by atoms with Crippen LogP contribution in [0.3, 0.4) is 0 Å². The van der Waals surface area contributed by atoms with Crippen LogP contribution in [0.4, 0.5) is 0 Å². The summed E-state index contributed by atoms with van der Waals surface area (Å²) in [6.07, 6.45) is 0.652. The van der Waals surface area contributed by atoms with E-state index in [0.717, 1.165) is 33.8 Å². The van der Waals surface area contributed by atoms with E-state index in [0.29, 0.717) is 47.1 Å². The Morgan fingerprint density at radius 3 is 2.38 bits per heavy atom. The fourth-order valence-corrected chi connectivity index (χ4v) is 5.53. The van der Waals surface area contributed by atoms with E-state index in [1.807, 2.05) is 90.7 Å². The molecule has 7 nitrogen and oxygen atoms in total. The second kappa shape index (κ2) is 11.6. The largest absolute Gasteiger partial charge is 0.507 e. The van der Waals surface area contributed by atoms with E-state index >= 15 is 0 Å². The van der Waals surface area contributed by atoms with Gasteiger partial charge in [0.25, 0.3) is 5.91 Å². The molecule has 1 aliphatic heterocycles. The van der Waals surface area contributed by atoms with Gasteiger partial charge in [-0.2, -0.15) is 5.10 Å². The number of aryl methyl sites for hydroxylation is 1. The van der Waals surface area contributed by atoms with Gasteiger partial charge in [0.05, 0.1) is 13.2 Å². The molecule has 1 atom stereocenters. The number of carbonyl (C=O) groups is 1. The van der Waals surface area contributed by atoms with Crippen LogP contribution in [0.25, 0.3) is 11.3 Å². The summed E-state index contributed by atoms with van der Waals surface area (Å²) < 4.78 is 11.3. The highest BCUT2D eigenvalue weighted by atomic mass is 35.5. The molecule has 0 saturated heterocycles. The second-order valence-electron chi connectivity index (χ2n) is 10.3. The molecule has 8 heteroatoms. The molecule has 2 heterocycles. The molecule has 1 unspecified atom stereocenters. The highest BCUT2D eigenvalue weighted by Gasteiger charge is 2.42. The minimum absolute atomic E-state index is 0.0544. The molecule has 42 heavy (non-hydrogen) atoms. The molecule has 0 fully saturated rings. The average molecular weight is 580 g/mol. The Bertz CT molecular complexity index is 1720. The fourth-order valence-electron chi connectivity index (χ4n) is 5.36. The maximum atomic E-state index is 13.8. The Kier molecular flexibility index (Phi) is 7.59. The van der Waals surface area contributed by atoms with E-state index < -0.39 is 6.04 Å². The molecule has 1 aliphatic rings. The van der Waals surface area contributed by atoms with E-state index in [4.69, 9.17) is 21.1 Å². The number of carbonyl (C=O) groups excluding carboxylic acids is 1. The summed E-state index contributed by atoms with van der Waals surface area (Å²) in [7, 11) is 1.64. The zero-order chi connectivity index (χ0) is 29.2. The predicted molar refractivity (Wildman–Crippen MR) is 162 cm³/mol. The van der Waals surface area contributed by atoms with Gasteiger partial charge in [-0.3, -0.25) is 9.89 Å². The molecule has 0 radical (unpaired) electrons. The molecule has 5 aromatic rings. The first-order chi connectivity index (χ1) is 20.4. The van der Waals surface area contributed by atoms with Crippen molar-refractivity contribution in [3.63, 3.8) is 0 Å². The Hall–Kier alpha value is -4.75. The molecular formula is C34H30ClN3O4.